The highest BCUT2D eigenvalue weighted by Gasteiger charge is 1.99. The predicted molar refractivity (Wildman–Crippen MR) is 58.5 cm³/mol. The molecule has 0 heterocycles. The third kappa shape index (κ3) is 2.97. The number of allylic oxidation sites excluding steroid dienone is 1. The average Bonchev–Trinajstić information content (AvgIpc) is 2.17. The molecule has 0 unspecified atom stereocenters. The molecule has 0 atom stereocenters. The van der Waals surface area contributed by atoms with Gasteiger partial charge < -0.3 is 0 Å². The highest BCUT2D eigenvalue weighted by atomic mass is 79.9. The van der Waals surface area contributed by atoms with Crippen molar-refractivity contribution >= 4 is 22.0 Å². The number of hydrogen-bond donors (Lipinski definition) is 0. The maximum Gasteiger partial charge on any atom is 0.130 e. The number of halogens is 2. The molecule has 0 aliphatic rings. The van der Waals surface area contributed by atoms with Crippen LogP contribution in [0.3, 0.4) is 0 Å². The van der Waals surface area contributed by atoms with Crippen LogP contribution in [-0.2, 0) is 6.42 Å². The van der Waals surface area contributed by atoms with E-state index >= 15 is 0 Å². The molecule has 0 aliphatic heterocycles. The second-order valence-electron chi connectivity index (χ2n) is 2.75. The lowest BCUT2D eigenvalue weighted by Gasteiger charge is -1.99. The molecule has 0 saturated carbocycles. The molecular formula is C11H9BrFN. The second-order valence-corrected chi connectivity index (χ2v) is 3.39. The number of nitriles is 1. The summed E-state index contributed by atoms with van der Waals surface area (Å²) < 4.78 is 13.3. The van der Waals surface area contributed by atoms with Gasteiger partial charge in [0.25, 0.3) is 0 Å². The fraction of sp³-hybridized carbons (Fsp3) is 0.182. The summed E-state index contributed by atoms with van der Waals surface area (Å²) in [5.74, 6) is -0.282. The van der Waals surface area contributed by atoms with Crippen LogP contribution in [0.5, 0.6) is 0 Å². The zero-order valence-electron chi connectivity index (χ0n) is 7.50. The van der Waals surface area contributed by atoms with Gasteiger partial charge in [-0.05, 0) is 11.6 Å². The summed E-state index contributed by atoms with van der Waals surface area (Å²) in [6, 6.07) is 6.83. The Balaban J connectivity index is 2.91. The summed E-state index contributed by atoms with van der Waals surface area (Å²) in [6.07, 6.45) is 3.78. The molecule has 14 heavy (non-hydrogen) atoms. The first-order chi connectivity index (χ1) is 6.77. The fourth-order valence-electron chi connectivity index (χ4n) is 1.08. The first kappa shape index (κ1) is 10.9. The molecule has 0 aliphatic carbocycles. The first-order valence-corrected chi connectivity index (χ1v) is 5.28. The lowest BCUT2D eigenvalue weighted by Crippen LogP contribution is -1.87. The number of nitrogens with zero attached hydrogens (tertiary/aromatic N) is 1. The van der Waals surface area contributed by atoms with E-state index in [0.29, 0.717) is 16.5 Å². The van der Waals surface area contributed by atoms with Gasteiger partial charge in [0.1, 0.15) is 5.82 Å². The van der Waals surface area contributed by atoms with Crippen molar-refractivity contribution in [1.29, 1.82) is 5.26 Å². The Labute approximate surface area is 91.0 Å². The van der Waals surface area contributed by atoms with Gasteiger partial charge in [0.2, 0.25) is 0 Å². The minimum atomic E-state index is -0.282. The minimum absolute atomic E-state index is 0.249. The Morgan fingerprint density at radius 1 is 1.50 bits per heavy atom. The molecule has 1 nitrogen and oxygen atoms in total. The van der Waals surface area contributed by atoms with E-state index in [2.05, 4.69) is 15.9 Å². The maximum atomic E-state index is 13.3. The number of alkyl halides is 1. The molecule has 0 spiro atoms. The average molecular weight is 254 g/mol. The molecule has 1 rings (SSSR count). The van der Waals surface area contributed by atoms with E-state index in [4.69, 9.17) is 5.26 Å². The summed E-state index contributed by atoms with van der Waals surface area (Å²) in [6.45, 7) is 0. The van der Waals surface area contributed by atoms with Gasteiger partial charge in [-0.1, -0.05) is 40.2 Å². The molecule has 0 aromatic heterocycles. The van der Waals surface area contributed by atoms with Crippen molar-refractivity contribution in [2.75, 3.05) is 5.33 Å². The van der Waals surface area contributed by atoms with Gasteiger partial charge in [0, 0.05) is 10.9 Å². The first-order valence-electron chi connectivity index (χ1n) is 4.16. The van der Waals surface area contributed by atoms with Gasteiger partial charge in [-0.2, -0.15) is 5.26 Å². The van der Waals surface area contributed by atoms with E-state index < -0.39 is 0 Å². The summed E-state index contributed by atoms with van der Waals surface area (Å²) in [7, 11) is 0. The van der Waals surface area contributed by atoms with Crippen molar-refractivity contribution in [2.45, 2.75) is 6.42 Å². The zero-order valence-corrected chi connectivity index (χ0v) is 9.09. The van der Waals surface area contributed by atoms with Crippen LogP contribution in [0.2, 0.25) is 0 Å². The SMILES string of the molecule is N#CCc1ccc(C=CCBr)c(F)c1. The third-order valence-electron chi connectivity index (χ3n) is 1.73. The molecule has 1 aromatic rings. The van der Waals surface area contributed by atoms with Crippen LogP contribution >= 0.6 is 15.9 Å². The van der Waals surface area contributed by atoms with Crippen LogP contribution in [0.25, 0.3) is 6.08 Å². The van der Waals surface area contributed by atoms with Crippen molar-refractivity contribution < 1.29 is 4.39 Å². The van der Waals surface area contributed by atoms with Gasteiger partial charge in [0.15, 0.2) is 0 Å². The van der Waals surface area contributed by atoms with E-state index in [1.165, 1.54) is 6.07 Å². The molecule has 0 saturated heterocycles. The number of benzene rings is 1. The van der Waals surface area contributed by atoms with Gasteiger partial charge in [-0.3, -0.25) is 0 Å². The summed E-state index contributed by atoms with van der Waals surface area (Å²) in [4.78, 5) is 0. The van der Waals surface area contributed by atoms with Crippen molar-refractivity contribution in [1.82, 2.24) is 0 Å². The van der Waals surface area contributed by atoms with Crippen LogP contribution in [0, 0.1) is 17.1 Å². The Bertz CT molecular complexity index is 379. The standard InChI is InChI=1S/C11H9BrFN/c12-6-1-2-10-4-3-9(5-7-14)8-11(10)13/h1-4,8H,5-6H2. The van der Waals surface area contributed by atoms with E-state index in [0.717, 1.165) is 0 Å². The normalized spacial score (nSPS) is 10.4. The lowest BCUT2D eigenvalue weighted by molar-refractivity contribution is 0.623. The molecule has 72 valence electrons. The van der Waals surface area contributed by atoms with Gasteiger partial charge in [0.05, 0.1) is 12.5 Å². The third-order valence-corrected chi connectivity index (χ3v) is 2.11. The van der Waals surface area contributed by atoms with Gasteiger partial charge in [-0.15, -0.1) is 0 Å². The zero-order chi connectivity index (χ0) is 10.4. The van der Waals surface area contributed by atoms with Crippen LogP contribution in [0.4, 0.5) is 4.39 Å². The molecular weight excluding hydrogens is 245 g/mol. The van der Waals surface area contributed by atoms with E-state index in [-0.39, 0.29) is 12.2 Å². The van der Waals surface area contributed by atoms with Crippen LogP contribution in [0.15, 0.2) is 24.3 Å². The van der Waals surface area contributed by atoms with E-state index in [1.54, 1.807) is 18.2 Å². The quantitative estimate of drug-likeness (QED) is 0.759. The smallest absolute Gasteiger partial charge is 0.130 e. The highest BCUT2D eigenvalue weighted by Crippen LogP contribution is 2.12. The lowest BCUT2D eigenvalue weighted by atomic mass is 10.1. The van der Waals surface area contributed by atoms with Crippen molar-refractivity contribution in [3.8, 4) is 6.07 Å². The highest BCUT2D eigenvalue weighted by molar-refractivity contribution is 9.09. The molecule has 1 aromatic carbocycles. The van der Waals surface area contributed by atoms with E-state index in [9.17, 15) is 4.39 Å². The largest absolute Gasteiger partial charge is 0.206 e. The minimum Gasteiger partial charge on any atom is -0.206 e. The summed E-state index contributed by atoms with van der Waals surface area (Å²) in [5, 5.41) is 9.13. The molecule has 0 radical (unpaired) electrons. The van der Waals surface area contributed by atoms with Crippen LogP contribution < -0.4 is 0 Å². The fourth-order valence-corrected chi connectivity index (χ4v) is 1.27. The molecule has 0 bridgehead atoms. The molecule has 0 fully saturated rings. The summed E-state index contributed by atoms with van der Waals surface area (Å²) in [5.41, 5.74) is 1.26. The van der Waals surface area contributed by atoms with Crippen LogP contribution in [0.1, 0.15) is 11.1 Å². The van der Waals surface area contributed by atoms with E-state index in [1.807, 2.05) is 12.1 Å². The second kappa shape index (κ2) is 5.56. The molecule has 3 heteroatoms. The Hall–Kier alpha value is -1.14. The summed E-state index contributed by atoms with van der Waals surface area (Å²) >= 11 is 3.22. The van der Waals surface area contributed by atoms with Crippen molar-refractivity contribution in [2.24, 2.45) is 0 Å². The molecule has 0 N–H and O–H groups in total. The maximum absolute atomic E-state index is 13.3. The Morgan fingerprint density at radius 3 is 2.86 bits per heavy atom. The Morgan fingerprint density at radius 2 is 2.29 bits per heavy atom. The number of hydrogen-bond acceptors (Lipinski definition) is 1. The topological polar surface area (TPSA) is 23.8 Å². The monoisotopic (exact) mass is 253 g/mol. The molecule has 0 amide bonds. The van der Waals surface area contributed by atoms with Crippen molar-refractivity contribution in [3.05, 3.63) is 41.2 Å². The number of rotatable bonds is 3. The Kier molecular flexibility index (Phi) is 4.34. The van der Waals surface area contributed by atoms with Crippen molar-refractivity contribution in [3.63, 3.8) is 0 Å². The predicted octanol–water partition coefficient (Wildman–Crippen LogP) is 3.30. The van der Waals surface area contributed by atoms with Crippen LogP contribution in [-0.4, -0.2) is 5.33 Å². The van der Waals surface area contributed by atoms with Gasteiger partial charge >= 0.3 is 0 Å². The van der Waals surface area contributed by atoms with Gasteiger partial charge in [-0.25, -0.2) is 4.39 Å².